The van der Waals surface area contributed by atoms with E-state index >= 15 is 0 Å². The normalized spacial score (nSPS) is 11.5. The van der Waals surface area contributed by atoms with Gasteiger partial charge in [0.15, 0.2) is 16.7 Å². The average molecular weight is 543 g/mol. The summed E-state index contributed by atoms with van der Waals surface area (Å²) in [6.45, 7) is 4.11. The number of aldehydes is 1. The fraction of sp³-hybridized carbons (Fsp3) is 0.214. The van der Waals surface area contributed by atoms with Gasteiger partial charge in [0, 0.05) is 33.3 Å². The molecule has 0 aliphatic heterocycles. The van der Waals surface area contributed by atoms with Crippen LogP contribution in [0, 0.1) is 17.5 Å². The molecule has 0 fully saturated rings. The third-order valence-corrected chi connectivity index (χ3v) is 7.94. The van der Waals surface area contributed by atoms with Gasteiger partial charge in [0.2, 0.25) is 0 Å². The molecule has 4 aromatic rings. The quantitative estimate of drug-likeness (QED) is 0.162. The molecule has 0 amide bonds. The van der Waals surface area contributed by atoms with Crippen molar-refractivity contribution in [2.24, 2.45) is 0 Å². The van der Waals surface area contributed by atoms with Crippen LogP contribution in [-0.2, 0) is 11.2 Å². The molecular formula is C28H25F3N2O2S2. The van der Waals surface area contributed by atoms with Crippen LogP contribution < -0.4 is 4.74 Å². The third kappa shape index (κ3) is 5.43. The van der Waals surface area contributed by atoms with Crippen LogP contribution in [-0.4, -0.2) is 29.2 Å². The molecule has 0 aliphatic rings. The van der Waals surface area contributed by atoms with Gasteiger partial charge in [0.1, 0.15) is 17.9 Å². The van der Waals surface area contributed by atoms with Crippen LogP contribution in [0.2, 0.25) is 0 Å². The Hall–Kier alpha value is -3.17. The molecule has 0 N–H and O–H groups in total. The molecule has 37 heavy (non-hydrogen) atoms. The summed E-state index contributed by atoms with van der Waals surface area (Å²) in [4.78, 5) is 16.7. The summed E-state index contributed by atoms with van der Waals surface area (Å²) in [6, 6.07) is 14.7. The van der Waals surface area contributed by atoms with Crippen LogP contribution in [0.15, 0.2) is 70.8 Å². The van der Waals surface area contributed by atoms with Crippen LogP contribution in [0.4, 0.5) is 13.2 Å². The largest absolute Gasteiger partial charge is 0.494 e. The van der Waals surface area contributed by atoms with Gasteiger partial charge in [0.25, 0.3) is 0 Å². The number of aromatic nitrogens is 2. The summed E-state index contributed by atoms with van der Waals surface area (Å²) >= 11 is 2.79. The lowest BCUT2D eigenvalue weighted by Crippen LogP contribution is -2.23. The molecule has 0 saturated heterocycles. The molecule has 192 valence electrons. The zero-order chi connectivity index (χ0) is 26.7. The first-order chi connectivity index (χ1) is 17.7. The molecule has 0 spiro atoms. The number of thioether (sulfide) groups is 2. The van der Waals surface area contributed by atoms with Crippen molar-refractivity contribution in [3.63, 3.8) is 0 Å². The summed E-state index contributed by atoms with van der Waals surface area (Å²) < 4.78 is 50.4. The number of hydrogen-bond donors (Lipinski definition) is 0. The number of hydrogen-bond acceptors (Lipinski definition) is 5. The standard InChI is InChI=1S/C28H25F3N2O2S2/c1-28(2,18-5-8-20(36-4)9-6-18)26-14-32-27(33(26)19-7-10-22(29)25(13-19)35-3)37-16-21-23(30)11-17(15-34)12-24(21)31/h5-15H,16H2,1-4H3. The molecule has 0 atom stereocenters. The van der Waals surface area contributed by atoms with Crippen molar-refractivity contribution in [2.75, 3.05) is 13.4 Å². The number of nitrogens with zero attached hydrogens (tertiary/aromatic N) is 2. The molecule has 0 bridgehead atoms. The van der Waals surface area contributed by atoms with Crippen molar-refractivity contribution in [3.8, 4) is 11.4 Å². The number of rotatable bonds is 9. The van der Waals surface area contributed by atoms with Gasteiger partial charge in [-0.05, 0) is 48.2 Å². The number of methoxy groups -OCH3 is 1. The fourth-order valence-corrected chi connectivity index (χ4v) is 5.45. The van der Waals surface area contributed by atoms with Gasteiger partial charge in [0.05, 0.1) is 24.7 Å². The smallest absolute Gasteiger partial charge is 0.173 e. The maximum Gasteiger partial charge on any atom is 0.173 e. The van der Waals surface area contributed by atoms with E-state index in [0.717, 1.165) is 40.0 Å². The van der Waals surface area contributed by atoms with Gasteiger partial charge in [-0.2, -0.15) is 0 Å². The van der Waals surface area contributed by atoms with Crippen molar-refractivity contribution >= 4 is 29.8 Å². The van der Waals surface area contributed by atoms with Crippen molar-refractivity contribution in [1.82, 2.24) is 9.55 Å². The average Bonchev–Trinajstić information content (AvgIpc) is 3.33. The Morgan fingerprint density at radius 2 is 1.68 bits per heavy atom. The Morgan fingerprint density at radius 3 is 2.27 bits per heavy atom. The van der Waals surface area contributed by atoms with E-state index in [0.29, 0.717) is 17.1 Å². The van der Waals surface area contributed by atoms with E-state index in [-0.39, 0.29) is 22.6 Å². The third-order valence-electron chi connectivity index (χ3n) is 6.22. The minimum Gasteiger partial charge on any atom is -0.494 e. The second-order valence-electron chi connectivity index (χ2n) is 8.80. The lowest BCUT2D eigenvalue weighted by molar-refractivity contribution is 0.112. The summed E-state index contributed by atoms with van der Waals surface area (Å²) in [5, 5.41) is 0.468. The Morgan fingerprint density at radius 1 is 1.00 bits per heavy atom. The highest BCUT2D eigenvalue weighted by Gasteiger charge is 2.30. The Balaban J connectivity index is 1.80. The molecule has 1 heterocycles. The number of halogens is 3. The monoisotopic (exact) mass is 542 g/mol. The second-order valence-corrected chi connectivity index (χ2v) is 10.6. The minimum absolute atomic E-state index is 0.0611. The van der Waals surface area contributed by atoms with Crippen molar-refractivity contribution < 1.29 is 22.7 Å². The Bertz CT molecular complexity index is 1410. The van der Waals surface area contributed by atoms with E-state index < -0.39 is 22.9 Å². The van der Waals surface area contributed by atoms with Crippen LogP contribution >= 0.6 is 23.5 Å². The maximum absolute atomic E-state index is 14.5. The first kappa shape index (κ1) is 26.9. The molecule has 0 saturated carbocycles. The SMILES string of the molecule is COc1cc(-n2c(C(C)(C)c3ccc(SC)cc3)cnc2SCc2c(F)cc(C=O)cc2F)ccc1F. The van der Waals surface area contributed by atoms with Gasteiger partial charge in [-0.1, -0.05) is 37.7 Å². The van der Waals surface area contributed by atoms with Crippen molar-refractivity contribution in [2.45, 2.75) is 35.1 Å². The summed E-state index contributed by atoms with van der Waals surface area (Å²) in [5.41, 5.74) is 1.69. The first-order valence-electron chi connectivity index (χ1n) is 11.3. The van der Waals surface area contributed by atoms with Crippen LogP contribution in [0.3, 0.4) is 0 Å². The minimum atomic E-state index is -0.800. The number of carbonyl (C=O) groups excluding carboxylic acids is 1. The molecule has 0 aliphatic carbocycles. The van der Waals surface area contributed by atoms with E-state index in [2.05, 4.69) is 31.0 Å². The van der Waals surface area contributed by atoms with E-state index in [9.17, 15) is 18.0 Å². The summed E-state index contributed by atoms with van der Waals surface area (Å²) in [6.07, 6.45) is 4.14. The summed E-state index contributed by atoms with van der Waals surface area (Å²) in [5.74, 6) is -2.10. The van der Waals surface area contributed by atoms with Gasteiger partial charge in [-0.25, -0.2) is 18.2 Å². The zero-order valence-corrected chi connectivity index (χ0v) is 22.4. The van der Waals surface area contributed by atoms with Crippen molar-refractivity contribution in [1.29, 1.82) is 0 Å². The Labute approximate surface area is 222 Å². The van der Waals surface area contributed by atoms with E-state index in [1.54, 1.807) is 30.1 Å². The lowest BCUT2D eigenvalue weighted by Gasteiger charge is -2.28. The first-order valence-corrected chi connectivity index (χ1v) is 13.5. The number of imidazole rings is 1. The van der Waals surface area contributed by atoms with Crippen LogP contribution in [0.1, 0.15) is 41.0 Å². The fourth-order valence-electron chi connectivity index (χ4n) is 4.04. The molecule has 3 aromatic carbocycles. The second kappa shape index (κ2) is 11.1. The number of carbonyl (C=O) groups is 1. The topological polar surface area (TPSA) is 44.1 Å². The lowest BCUT2D eigenvalue weighted by atomic mass is 9.81. The molecule has 0 radical (unpaired) electrons. The molecule has 1 aromatic heterocycles. The van der Waals surface area contributed by atoms with E-state index in [4.69, 9.17) is 4.74 Å². The molecule has 9 heteroatoms. The van der Waals surface area contributed by atoms with Gasteiger partial charge >= 0.3 is 0 Å². The molecular weight excluding hydrogens is 517 g/mol. The highest BCUT2D eigenvalue weighted by molar-refractivity contribution is 7.98. The number of ether oxygens (including phenoxy) is 1. The Kier molecular flexibility index (Phi) is 8.04. The van der Waals surface area contributed by atoms with Gasteiger partial charge < -0.3 is 4.74 Å². The van der Waals surface area contributed by atoms with Crippen LogP contribution in [0.5, 0.6) is 5.75 Å². The maximum atomic E-state index is 14.5. The van der Waals surface area contributed by atoms with Gasteiger partial charge in [-0.3, -0.25) is 9.36 Å². The predicted molar refractivity (Wildman–Crippen MR) is 142 cm³/mol. The molecule has 4 nitrogen and oxygen atoms in total. The van der Waals surface area contributed by atoms with Gasteiger partial charge in [-0.15, -0.1) is 11.8 Å². The predicted octanol–water partition coefficient (Wildman–Crippen LogP) is 7.45. The van der Waals surface area contributed by atoms with Crippen LogP contribution in [0.25, 0.3) is 5.69 Å². The summed E-state index contributed by atoms with van der Waals surface area (Å²) in [7, 11) is 1.39. The highest BCUT2D eigenvalue weighted by atomic mass is 32.2. The van der Waals surface area contributed by atoms with E-state index in [1.165, 1.54) is 13.2 Å². The zero-order valence-electron chi connectivity index (χ0n) is 20.7. The molecule has 4 rings (SSSR count). The van der Waals surface area contributed by atoms with E-state index in [1.807, 2.05) is 23.0 Å². The molecule has 0 unspecified atom stereocenters. The highest BCUT2D eigenvalue weighted by Crippen LogP contribution is 2.38. The number of benzene rings is 3. The van der Waals surface area contributed by atoms with Crippen molar-refractivity contribution in [3.05, 3.63) is 101 Å².